The van der Waals surface area contributed by atoms with Crippen LogP contribution in [-0.2, 0) is 26.2 Å². The van der Waals surface area contributed by atoms with Crippen LogP contribution >= 0.6 is 27.5 Å². The van der Waals surface area contributed by atoms with Crippen molar-refractivity contribution in [3.8, 4) is 0 Å². The average Bonchev–Trinajstić information content (AvgIpc) is 3.19. The zero-order valence-corrected chi connectivity index (χ0v) is 21.0. The molecule has 0 bridgehead atoms. The van der Waals surface area contributed by atoms with Crippen LogP contribution in [0.3, 0.4) is 0 Å². The van der Waals surface area contributed by atoms with Crippen molar-refractivity contribution in [3.63, 3.8) is 0 Å². The van der Waals surface area contributed by atoms with Gasteiger partial charge in [0.05, 0.1) is 26.2 Å². The lowest BCUT2D eigenvalue weighted by Crippen LogP contribution is -2.56. The molecule has 31 heavy (non-hydrogen) atoms. The first-order valence-corrected chi connectivity index (χ1v) is 13.7. The van der Waals surface area contributed by atoms with Crippen LogP contribution in [0.5, 0.6) is 0 Å². The maximum absolute atomic E-state index is 13.6. The number of hydrogen-bond donors (Lipinski definition) is 1. The Balaban J connectivity index is 2.15. The molecule has 0 fully saturated rings. The molecule has 1 N–H and O–H groups in total. The Bertz CT molecular complexity index is 1160. The van der Waals surface area contributed by atoms with Crippen molar-refractivity contribution in [1.29, 1.82) is 0 Å². The fourth-order valence-electron chi connectivity index (χ4n) is 3.52. The third kappa shape index (κ3) is 4.43. The highest BCUT2D eigenvalue weighted by Crippen LogP contribution is 2.45. The summed E-state index contributed by atoms with van der Waals surface area (Å²) in [6.07, 6.45) is 6.64. The Morgan fingerprint density at radius 2 is 1.87 bits per heavy atom. The minimum absolute atomic E-state index is 0.00460. The summed E-state index contributed by atoms with van der Waals surface area (Å²) < 4.78 is 38.8. The molecule has 0 saturated heterocycles. The van der Waals surface area contributed by atoms with E-state index in [1.54, 1.807) is 43.5 Å². The maximum atomic E-state index is 13.6. The SMILES string of the molecule is CC(C(O)(c1cccc(Cl)n1)C(Br)C1(C)C=CC=N1)S(=O)(=O)c1ccc(S(C)=O)cc1. The second-order valence-corrected chi connectivity index (χ2v) is 12.5. The second kappa shape index (κ2) is 8.86. The van der Waals surface area contributed by atoms with Crippen LogP contribution in [0.4, 0.5) is 0 Å². The summed E-state index contributed by atoms with van der Waals surface area (Å²) in [7, 11) is -5.28. The van der Waals surface area contributed by atoms with Crippen molar-refractivity contribution >= 4 is 54.4 Å². The van der Waals surface area contributed by atoms with Gasteiger partial charge in [0.15, 0.2) is 9.84 Å². The number of rotatable bonds is 7. The molecule has 2 aromatic rings. The van der Waals surface area contributed by atoms with Crippen LogP contribution < -0.4 is 0 Å². The number of allylic oxidation sites excluding steroid dienone is 1. The smallest absolute Gasteiger partial charge is 0.184 e. The molecule has 166 valence electrons. The summed E-state index contributed by atoms with van der Waals surface area (Å²) in [6.45, 7) is 3.22. The van der Waals surface area contributed by atoms with E-state index < -0.39 is 41.9 Å². The number of sulfone groups is 1. The molecule has 0 aliphatic carbocycles. The minimum atomic E-state index is -4.04. The molecule has 5 unspecified atom stereocenters. The molecule has 1 aliphatic heterocycles. The Hall–Kier alpha value is -1.39. The fourth-order valence-corrected chi connectivity index (χ4v) is 6.93. The number of alkyl halides is 1. The summed E-state index contributed by atoms with van der Waals surface area (Å²) in [5.74, 6) is 0. The maximum Gasteiger partial charge on any atom is 0.184 e. The van der Waals surface area contributed by atoms with Crippen LogP contribution in [0.25, 0.3) is 0 Å². The normalized spacial score (nSPS) is 23.3. The average molecular weight is 546 g/mol. The van der Waals surface area contributed by atoms with E-state index in [-0.39, 0.29) is 15.7 Å². The van der Waals surface area contributed by atoms with E-state index in [4.69, 9.17) is 11.6 Å². The Kier molecular flexibility index (Phi) is 6.93. The largest absolute Gasteiger partial charge is 0.381 e. The van der Waals surface area contributed by atoms with Gasteiger partial charge in [0.25, 0.3) is 0 Å². The number of nitrogens with zero attached hydrogens (tertiary/aromatic N) is 2. The third-order valence-electron chi connectivity index (χ3n) is 5.47. The quantitative estimate of drug-likeness (QED) is 0.423. The molecule has 1 aromatic heterocycles. The van der Waals surface area contributed by atoms with Crippen molar-refractivity contribution in [2.75, 3.05) is 6.26 Å². The molecule has 2 heterocycles. The van der Waals surface area contributed by atoms with Crippen molar-refractivity contribution in [2.24, 2.45) is 4.99 Å². The second-order valence-electron chi connectivity index (χ2n) is 7.51. The zero-order valence-electron chi connectivity index (χ0n) is 17.1. The molecule has 10 heteroatoms. The van der Waals surface area contributed by atoms with Crippen LogP contribution in [-0.4, -0.2) is 50.8 Å². The molecular formula is C21H22BrClN2O4S2. The molecule has 0 saturated carbocycles. The molecular weight excluding hydrogens is 524 g/mol. The molecule has 1 aliphatic rings. The van der Waals surface area contributed by atoms with Crippen molar-refractivity contribution < 1.29 is 17.7 Å². The highest BCUT2D eigenvalue weighted by Gasteiger charge is 2.55. The molecule has 3 rings (SSSR count). The summed E-state index contributed by atoms with van der Waals surface area (Å²) >= 11 is 9.61. The van der Waals surface area contributed by atoms with Gasteiger partial charge in [0, 0.05) is 28.2 Å². The molecule has 0 radical (unpaired) electrons. The fraction of sp³-hybridized carbons (Fsp3) is 0.333. The topological polar surface area (TPSA) is 96.7 Å². The Morgan fingerprint density at radius 1 is 1.23 bits per heavy atom. The van der Waals surface area contributed by atoms with E-state index in [9.17, 15) is 17.7 Å². The zero-order chi connectivity index (χ0) is 23.0. The van der Waals surface area contributed by atoms with E-state index in [0.29, 0.717) is 4.90 Å². The summed E-state index contributed by atoms with van der Waals surface area (Å²) in [4.78, 5) is 8.32. The van der Waals surface area contributed by atoms with E-state index in [1.165, 1.54) is 37.4 Å². The van der Waals surface area contributed by atoms with Gasteiger partial charge in [-0.15, -0.1) is 0 Å². The molecule has 1 aromatic carbocycles. The van der Waals surface area contributed by atoms with Gasteiger partial charge < -0.3 is 5.11 Å². The van der Waals surface area contributed by atoms with E-state index in [1.807, 2.05) is 0 Å². The van der Waals surface area contributed by atoms with Gasteiger partial charge in [0.2, 0.25) is 0 Å². The van der Waals surface area contributed by atoms with Gasteiger partial charge in [-0.05, 0) is 56.3 Å². The monoisotopic (exact) mass is 544 g/mol. The minimum Gasteiger partial charge on any atom is -0.381 e. The molecule has 5 atom stereocenters. The van der Waals surface area contributed by atoms with Crippen LogP contribution in [0.1, 0.15) is 19.5 Å². The number of aromatic nitrogens is 1. The van der Waals surface area contributed by atoms with Crippen molar-refractivity contribution in [3.05, 3.63) is 65.5 Å². The highest BCUT2D eigenvalue weighted by molar-refractivity contribution is 9.09. The number of benzene rings is 1. The van der Waals surface area contributed by atoms with E-state index in [2.05, 4.69) is 25.9 Å². The van der Waals surface area contributed by atoms with E-state index in [0.717, 1.165) is 0 Å². The number of halogens is 2. The van der Waals surface area contributed by atoms with Crippen LogP contribution in [0.2, 0.25) is 5.15 Å². The standard InChI is InChI=1S/C21H22BrClN2O4S2/c1-14(31(28,29)16-10-8-15(9-11-16)30(3)27)21(26,17-6-4-7-18(23)25-17)19(22)20(2)12-5-13-24-20/h4-14,19,26H,1-3H3. The number of hydrogen-bond acceptors (Lipinski definition) is 6. The first-order valence-electron chi connectivity index (χ1n) is 9.33. The van der Waals surface area contributed by atoms with Crippen LogP contribution in [0.15, 0.2) is 69.4 Å². The van der Waals surface area contributed by atoms with Crippen LogP contribution in [0, 0.1) is 0 Å². The van der Waals surface area contributed by atoms with Gasteiger partial charge >= 0.3 is 0 Å². The van der Waals surface area contributed by atoms with Gasteiger partial charge in [-0.2, -0.15) is 0 Å². The first-order chi connectivity index (χ1) is 14.4. The first kappa shape index (κ1) is 24.3. The number of aliphatic hydroxyl groups is 1. The van der Waals surface area contributed by atoms with Gasteiger partial charge in [-0.3, -0.25) is 9.20 Å². The Labute approximate surface area is 198 Å². The van der Waals surface area contributed by atoms with Crippen molar-refractivity contribution in [1.82, 2.24) is 4.98 Å². The molecule has 6 nitrogen and oxygen atoms in total. The van der Waals surface area contributed by atoms with Gasteiger partial charge in [-0.1, -0.05) is 39.7 Å². The molecule has 0 spiro atoms. The Morgan fingerprint density at radius 3 is 2.39 bits per heavy atom. The van der Waals surface area contributed by atoms with E-state index >= 15 is 0 Å². The van der Waals surface area contributed by atoms with Gasteiger partial charge in [0.1, 0.15) is 10.8 Å². The number of pyridine rings is 1. The van der Waals surface area contributed by atoms with Gasteiger partial charge in [-0.25, -0.2) is 13.4 Å². The lowest BCUT2D eigenvalue weighted by molar-refractivity contribution is 0.0192. The third-order valence-corrected chi connectivity index (χ3v) is 10.5. The summed E-state index contributed by atoms with van der Waals surface area (Å²) in [5, 5.41) is 10.8. The lowest BCUT2D eigenvalue weighted by atomic mass is 9.81. The lowest BCUT2D eigenvalue weighted by Gasteiger charge is -2.42. The molecule has 0 amide bonds. The summed E-state index contributed by atoms with van der Waals surface area (Å²) in [5.41, 5.74) is -2.79. The summed E-state index contributed by atoms with van der Waals surface area (Å²) in [6, 6.07) is 10.5. The highest BCUT2D eigenvalue weighted by atomic mass is 79.9. The van der Waals surface area contributed by atoms with Crippen molar-refractivity contribution in [2.45, 2.75) is 44.9 Å². The predicted molar refractivity (Wildman–Crippen MR) is 127 cm³/mol. The predicted octanol–water partition coefficient (Wildman–Crippen LogP) is 3.69. The number of aliphatic imine (C=N–C) groups is 1.